The van der Waals surface area contributed by atoms with Crippen molar-refractivity contribution in [2.45, 2.75) is 31.2 Å². The van der Waals surface area contributed by atoms with Crippen LogP contribution in [-0.4, -0.2) is 29.6 Å². The number of hydrogen-bond acceptors (Lipinski definition) is 5. The highest BCUT2D eigenvalue weighted by Crippen LogP contribution is 2.41. The molecule has 0 amide bonds. The smallest absolute Gasteiger partial charge is 0.138 e. The average molecular weight is 283 g/mol. The number of rotatable bonds is 3. The Morgan fingerprint density at radius 3 is 2.95 bits per heavy atom. The van der Waals surface area contributed by atoms with Crippen molar-refractivity contribution in [3.63, 3.8) is 0 Å². The van der Waals surface area contributed by atoms with Crippen LogP contribution in [0, 0.1) is 5.92 Å². The predicted molar refractivity (Wildman–Crippen MR) is 83.9 cm³/mol. The zero-order valence-corrected chi connectivity index (χ0v) is 12.3. The molecule has 3 N–H and O–H groups in total. The Morgan fingerprint density at radius 1 is 1.33 bits per heavy atom. The predicted octanol–water partition coefficient (Wildman–Crippen LogP) is 1.80. The molecule has 21 heavy (non-hydrogen) atoms. The summed E-state index contributed by atoms with van der Waals surface area (Å²) in [6.07, 6.45) is 10.1. The summed E-state index contributed by atoms with van der Waals surface area (Å²) < 4.78 is 0. The monoisotopic (exact) mass is 283 g/mol. The van der Waals surface area contributed by atoms with Gasteiger partial charge in [-0.1, -0.05) is 12.2 Å². The molecule has 1 saturated heterocycles. The maximum absolute atomic E-state index is 6.00. The van der Waals surface area contributed by atoms with Crippen molar-refractivity contribution in [1.82, 2.24) is 15.3 Å². The van der Waals surface area contributed by atoms with Crippen LogP contribution in [0.3, 0.4) is 0 Å². The maximum Gasteiger partial charge on any atom is 0.138 e. The van der Waals surface area contributed by atoms with Crippen molar-refractivity contribution in [1.29, 1.82) is 0 Å². The molecule has 3 aliphatic rings. The first kappa shape index (κ1) is 12.8. The number of nitrogen functional groups attached to an aromatic ring is 1. The van der Waals surface area contributed by atoms with Gasteiger partial charge in [-0.3, -0.25) is 0 Å². The van der Waals surface area contributed by atoms with Gasteiger partial charge in [0.1, 0.15) is 17.5 Å². The van der Waals surface area contributed by atoms with Crippen LogP contribution >= 0.6 is 0 Å². The highest BCUT2D eigenvalue weighted by molar-refractivity contribution is 5.56. The molecule has 1 saturated carbocycles. The second-order valence-corrected chi connectivity index (χ2v) is 6.15. The standard InChI is InChI=1S/C16H21N5/c1-18-12-9-21(13-5-3-2-4-11(12)13)15-8-14(17)19-16(20-15)10-6-7-10/h2-3,5,8,10-12,18H,4,6-7,9H2,1H3,(H2,17,19,20). The van der Waals surface area contributed by atoms with Gasteiger partial charge in [0, 0.05) is 36.2 Å². The van der Waals surface area contributed by atoms with E-state index in [9.17, 15) is 0 Å². The quantitative estimate of drug-likeness (QED) is 0.885. The molecule has 5 nitrogen and oxygen atoms in total. The Balaban J connectivity index is 1.72. The molecule has 2 unspecified atom stereocenters. The van der Waals surface area contributed by atoms with Gasteiger partial charge in [-0.2, -0.15) is 0 Å². The fourth-order valence-electron chi connectivity index (χ4n) is 3.38. The number of anilines is 2. The Morgan fingerprint density at radius 2 is 2.19 bits per heavy atom. The molecule has 1 aromatic rings. The summed E-state index contributed by atoms with van der Waals surface area (Å²) in [4.78, 5) is 11.5. The summed E-state index contributed by atoms with van der Waals surface area (Å²) in [5.41, 5.74) is 7.35. The Kier molecular flexibility index (Phi) is 2.96. The molecule has 0 bridgehead atoms. The lowest BCUT2D eigenvalue weighted by atomic mass is 9.93. The van der Waals surface area contributed by atoms with Crippen LogP contribution in [-0.2, 0) is 0 Å². The van der Waals surface area contributed by atoms with Gasteiger partial charge in [0.2, 0.25) is 0 Å². The van der Waals surface area contributed by atoms with Gasteiger partial charge in [-0.05, 0) is 32.4 Å². The van der Waals surface area contributed by atoms with E-state index >= 15 is 0 Å². The molecule has 2 atom stereocenters. The number of nitrogens with zero attached hydrogens (tertiary/aromatic N) is 3. The summed E-state index contributed by atoms with van der Waals surface area (Å²) in [6.45, 7) is 0.940. The molecule has 0 spiro atoms. The van der Waals surface area contributed by atoms with Gasteiger partial charge < -0.3 is 16.0 Å². The molecule has 0 radical (unpaired) electrons. The van der Waals surface area contributed by atoms with Crippen LogP contribution in [0.25, 0.3) is 0 Å². The van der Waals surface area contributed by atoms with E-state index in [1.54, 1.807) is 0 Å². The zero-order valence-electron chi connectivity index (χ0n) is 12.3. The highest BCUT2D eigenvalue weighted by atomic mass is 15.3. The summed E-state index contributed by atoms with van der Waals surface area (Å²) in [5.74, 6) is 3.50. The van der Waals surface area contributed by atoms with Crippen LogP contribution in [0.5, 0.6) is 0 Å². The molecule has 1 aliphatic heterocycles. The number of nitrogens with one attached hydrogen (secondary N) is 1. The van der Waals surface area contributed by atoms with Crippen molar-refractivity contribution >= 4 is 11.6 Å². The first-order valence-electron chi connectivity index (χ1n) is 7.72. The molecule has 2 heterocycles. The molecular formula is C16H21N5. The highest BCUT2D eigenvalue weighted by Gasteiger charge is 2.38. The minimum absolute atomic E-state index is 0.460. The number of fused-ring (bicyclic) bond motifs is 1. The first-order valence-corrected chi connectivity index (χ1v) is 7.72. The van der Waals surface area contributed by atoms with Gasteiger partial charge in [0.25, 0.3) is 0 Å². The van der Waals surface area contributed by atoms with Crippen molar-refractivity contribution < 1.29 is 0 Å². The van der Waals surface area contributed by atoms with E-state index in [1.165, 1.54) is 18.5 Å². The number of likely N-dealkylation sites (N-methyl/N-ethyl adjacent to an activating group) is 1. The minimum Gasteiger partial charge on any atom is -0.384 e. The Labute approximate surface area is 125 Å². The van der Waals surface area contributed by atoms with E-state index in [1.807, 2.05) is 13.1 Å². The van der Waals surface area contributed by atoms with Crippen LogP contribution < -0.4 is 16.0 Å². The third-order valence-electron chi connectivity index (χ3n) is 4.69. The van der Waals surface area contributed by atoms with Crippen LogP contribution in [0.4, 0.5) is 11.6 Å². The second-order valence-electron chi connectivity index (χ2n) is 6.15. The first-order chi connectivity index (χ1) is 10.3. The number of aromatic nitrogens is 2. The summed E-state index contributed by atoms with van der Waals surface area (Å²) >= 11 is 0. The Hall–Kier alpha value is -1.88. The van der Waals surface area contributed by atoms with Gasteiger partial charge in [-0.25, -0.2) is 9.97 Å². The topological polar surface area (TPSA) is 67.1 Å². The van der Waals surface area contributed by atoms with Crippen LogP contribution in [0.1, 0.15) is 31.0 Å². The fourth-order valence-corrected chi connectivity index (χ4v) is 3.38. The molecule has 2 fully saturated rings. The van der Waals surface area contributed by atoms with E-state index in [-0.39, 0.29) is 0 Å². The largest absolute Gasteiger partial charge is 0.384 e. The van der Waals surface area contributed by atoms with E-state index < -0.39 is 0 Å². The Bertz CT molecular complexity index is 617. The molecule has 0 aromatic carbocycles. The summed E-state index contributed by atoms with van der Waals surface area (Å²) in [7, 11) is 2.04. The van der Waals surface area contributed by atoms with Gasteiger partial charge in [0.05, 0.1) is 0 Å². The lowest BCUT2D eigenvalue weighted by Crippen LogP contribution is -2.33. The summed E-state index contributed by atoms with van der Waals surface area (Å²) in [6, 6.07) is 2.36. The van der Waals surface area contributed by atoms with Crippen LogP contribution in [0.15, 0.2) is 30.0 Å². The third kappa shape index (κ3) is 2.21. The van der Waals surface area contributed by atoms with Crippen molar-refractivity contribution in [3.05, 3.63) is 35.8 Å². The van der Waals surface area contributed by atoms with Crippen molar-refractivity contribution in [2.24, 2.45) is 5.92 Å². The lowest BCUT2D eigenvalue weighted by Gasteiger charge is -2.23. The SMILES string of the molecule is CNC1CN(c2cc(N)nc(C3CC3)n2)C2=CC=CCC21. The van der Waals surface area contributed by atoms with Gasteiger partial charge in [-0.15, -0.1) is 0 Å². The van der Waals surface area contributed by atoms with Crippen molar-refractivity contribution in [3.8, 4) is 0 Å². The number of hydrogen-bond donors (Lipinski definition) is 2. The van der Waals surface area contributed by atoms with Crippen LogP contribution in [0.2, 0.25) is 0 Å². The molecule has 110 valence electrons. The molecule has 1 aromatic heterocycles. The fraction of sp³-hybridized carbons (Fsp3) is 0.500. The van der Waals surface area contributed by atoms with Gasteiger partial charge >= 0.3 is 0 Å². The lowest BCUT2D eigenvalue weighted by molar-refractivity contribution is 0.481. The minimum atomic E-state index is 0.460. The number of allylic oxidation sites excluding steroid dienone is 3. The molecular weight excluding hydrogens is 262 g/mol. The van der Waals surface area contributed by atoms with E-state index in [2.05, 4.69) is 33.4 Å². The second kappa shape index (κ2) is 4.84. The zero-order chi connectivity index (χ0) is 14.4. The van der Waals surface area contributed by atoms with E-state index in [0.717, 1.165) is 24.6 Å². The molecule has 5 heteroatoms. The average Bonchev–Trinajstić information content (AvgIpc) is 3.28. The third-order valence-corrected chi connectivity index (χ3v) is 4.69. The summed E-state index contributed by atoms with van der Waals surface area (Å²) in [5, 5.41) is 3.44. The molecule has 4 rings (SSSR count). The van der Waals surface area contributed by atoms with E-state index in [0.29, 0.717) is 23.7 Å². The maximum atomic E-state index is 6.00. The normalized spacial score (nSPS) is 27.7. The van der Waals surface area contributed by atoms with E-state index in [4.69, 9.17) is 10.7 Å². The number of nitrogens with two attached hydrogens (primary N) is 1. The van der Waals surface area contributed by atoms with Gasteiger partial charge in [0.15, 0.2) is 0 Å². The van der Waals surface area contributed by atoms with Crippen molar-refractivity contribution in [2.75, 3.05) is 24.2 Å². The molecule has 2 aliphatic carbocycles.